The van der Waals surface area contributed by atoms with Gasteiger partial charge in [0.25, 0.3) is 0 Å². The number of ether oxygens (including phenoxy) is 1. The summed E-state index contributed by atoms with van der Waals surface area (Å²) < 4.78 is 6.01. The molecule has 0 atom stereocenters. The van der Waals surface area contributed by atoms with Crippen molar-refractivity contribution < 1.29 is 14.6 Å². The summed E-state index contributed by atoms with van der Waals surface area (Å²) in [5.74, 6) is -0.101. The van der Waals surface area contributed by atoms with Gasteiger partial charge in [0, 0.05) is 13.0 Å². The maximum Gasteiger partial charge on any atom is 0.335 e. The van der Waals surface area contributed by atoms with E-state index in [0.29, 0.717) is 18.6 Å². The lowest BCUT2D eigenvalue weighted by Gasteiger charge is -2.22. The van der Waals surface area contributed by atoms with Gasteiger partial charge in [-0.15, -0.1) is 0 Å². The molecule has 27 heavy (non-hydrogen) atoms. The summed E-state index contributed by atoms with van der Waals surface area (Å²) in [5.41, 5.74) is 3.75. The Morgan fingerprint density at radius 1 is 1.11 bits per heavy atom. The Hall–Kier alpha value is -2.33. The van der Waals surface area contributed by atoms with E-state index < -0.39 is 5.97 Å². The molecule has 1 aliphatic heterocycles. The molecule has 1 aliphatic rings. The molecule has 0 aromatic heterocycles. The van der Waals surface area contributed by atoms with Gasteiger partial charge in [-0.05, 0) is 73.7 Å². The molecule has 2 aromatic carbocycles. The zero-order valence-corrected chi connectivity index (χ0v) is 16.1. The second-order valence-corrected chi connectivity index (χ2v) is 7.31. The van der Waals surface area contributed by atoms with Crippen LogP contribution >= 0.6 is 0 Å². The van der Waals surface area contributed by atoms with Gasteiger partial charge in [0.15, 0.2) is 0 Å². The molecule has 0 saturated heterocycles. The average molecular weight is 367 g/mol. The summed E-state index contributed by atoms with van der Waals surface area (Å²) in [6, 6.07) is 13.8. The van der Waals surface area contributed by atoms with E-state index in [1.54, 1.807) is 18.2 Å². The number of nitrogens with zero attached hydrogens (tertiary/aromatic N) is 1. The van der Waals surface area contributed by atoms with Gasteiger partial charge in [-0.2, -0.15) is 0 Å². The molecule has 2 aromatic rings. The van der Waals surface area contributed by atoms with Crippen molar-refractivity contribution in [2.75, 3.05) is 19.7 Å². The normalized spacial score (nSPS) is 16.0. The van der Waals surface area contributed by atoms with E-state index in [1.807, 2.05) is 0 Å². The average Bonchev–Trinajstić information content (AvgIpc) is 2.65. The maximum absolute atomic E-state index is 11.4. The molecule has 2 bridgehead atoms. The van der Waals surface area contributed by atoms with Crippen LogP contribution in [0.15, 0.2) is 42.5 Å². The summed E-state index contributed by atoms with van der Waals surface area (Å²) in [5, 5.41) is 9.34. The highest BCUT2D eigenvalue weighted by atomic mass is 16.5. The number of aromatic carboxylic acids is 1. The highest BCUT2D eigenvalue weighted by molar-refractivity contribution is 5.88. The van der Waals surface area contributed by atoms with Crippen molar-refractivity contribution in [2.45, 2.75) is 45.6 Å². The summed E-state index contributed by atoms with van der Waals surface area (Å²) in [4.78, 5) is 13.9. The van der Waals surface area contributed by atoms with E-state index >= 15 is 0 Å². The number of carboxylic acid groups (broad SMARTS) is 1. The molecule has 4 heteroatoms. The highest BCUT2D eigenvalue weighted by Crippen LogP contribution is 2.25. The number of hydrogen-bond donors (Lipinski definition) is 1. The fraction of sp³-hybridized carbons (Fsp3) is 0.435. The lowest BCUT2D eigenvalue weighted by Crippen LogP contribution is -2.25. The molecule has 3 rings (SSSR count). The number of hydrogen-bond acceptors (Lipinski definition) is 3. The summed E-state index contributed by atoms with van der Waals surface area (Å²) >= 11 is 0. The minimum Gasteiger partial charge on any atom is -0.493 e. The first-order valence-corrected chi connectivity index (χ1v) is 9.95. The third-order valence-electron chi connectivity index (χ3n) is 5.02. The number of fused-ring (bicyclic) bond motifs is 3. The van der Waals surface area contributed by atoms with Crippen molar-refractivity contribution in [3.63, 3.8) is 0 Å². The van der Waals surface area contributed by atoms with Gasteiger partial charge < -0.3 is 9.84 Å². The van der Waals surface area contributed by atoms with E-state index in [1.165, 1.54) is 17.5 Å². The molecule has 0 unspecified atom stereocenters. The van der Waals surface area contributed by atoms with Crippen LogP contribution in [0.2, 0.25) is 0 Å². The van der Waals surface area contributed by atoms with Crippen LogP contribution in [-0.2, 0) is 13.0 Å². The monoisotopic (exact) mass is 367 g/mol. The quantitative estimate of drug-likeness (QED) is 0.850. The number of benzene rings is 2. The van der Waals surface area contributed by atoms with Gasteiger partial charge in [-0.25, -0.2) is 4.79 Å². The predicted molar refractivity (Wildman–Crippen MR) is 108 cm³/mol. The number of carboxylic acids is 1. The highest BCUT2D eigenvalue weighted by Gasteiger charge is 2.12. The maximum atomic E-state index is 11.4. The van der Waals surface area contributed by atoms with Crippen LogP contribution in [0, 0.1) is 0 Å². The van der Waals surface area contributed by atoms with E-state index in [4.69, 9.17) is 4.74 Å². The standard InChI is InChI=1S/C23H29NO3/c1-2-11-24-12-4-3-5-13-27-22-10-9-20(23(25)26)16-21(22)15-18-7-6-8-19(14-18)17-24/h6-10,14,16H,2-5,11-13,15,17H2,1H3,(H,25,26). The van der Waals surface area contributed by atoms with E-state index in [9.17, 15) is 9.90 Å². The molecule has 1 N–H and O–H groups in total. The van der Waals surface area contributed by atoms with E-state index in [0.717, 1.165) is 50.2 Å². The van der Waals surface area contributed by atoms with Gasteiger partial charge in [0.2, 0.25) is 0 Å². The van der Waals surface area contributed by atoms with Crippen LogP contribution in [0.25, 0.3) is 0 Å². The Balaban J connectivity index is 1.91. The topological polar surface area (TPSA) is 49.8 Å². The second-order valence-electron chi connectivity index (χ2n) is 7.31. The van der Waals surface area contributed by atoms with Crippen molar-refractivity contribution in [1.29, 1.82) is 0 Å². The van der Waals surface area contributed by atoms with Crippen LogP contribution in [0.5, 0.6) is 5.75 Å². The number of carbonyl (C=O) groups is 1. The van der Waals surface area contributed by atoms with Crippen molar-refractivity contribution in [1.82, 2.24) is 4.90 Å². The zero-order valence-electron chi connectivity index (χ0n) is 16.1. The predicted octanol–water partition coefficient (Wildman–Crippen LogP) is 4.75. The molecule has 4 nitrogen and oxygen atoms in total. The first-order valence-electron chi connectivity index (χ1n) is 9.95. The van der Waals surface area contributed by atoms with Crippen LogP contribution in [-0.4, -0.2) is 35.7 Å². The van der Waals surface area contributed by atoms with Crippen LogP contribution in [0.4, 0.5) is 0 Å². The van der Waals surface area contributed by atoms with Gasteiger partial charge in [0.1, 0.15) is 5.75 Å². The fourth-order valence-electron chi connectivity index (χ4n) is 3.69. The van der Waals surface area contributed by atoms with Crippen LogP contribution in [0.3, 0.4) is 0 Å². The molecule has 0 spiro atoms. The Labute approximate surface area is 161 Å². The molecule has 0 aliphatic carbocycles. The largest absolute Gasteiger partial charge is 0.493 e. The summed E-state index contributed by atoms with van der Waals surface area (Å²) in [7, 11) is 0. The molecule has 0 fully saturated rings. The molecular formula is C23H29NO3. The molecule has 0 amide bonds. The van der Waals surface area contributed by atoms with Crippen molar-refractivity contribution >= 4 is 5.97 Å². The summed E-state index contributed by atoms with van der Waals surface area (Å²) in [6.45, 7) is 6.11. The summed E-state index contributed by atoms with van der Waals surface area (Å²) in [6.07, 6.45) is 5.17. The van der Waals surface area contributed by atoms with E-state index in [-0.39, 0.29) is 0 Å². The Bertz CT molecular complexity index is 772. The Morgan fingerprint density at radius 3 is 2.78 bits per heavy atom. The van der Waals surface area contributed by atoms with Gasteiger partial charge in [-0.1, -0.05) is 31.2 Å². The van der Waals surface area contributed by atoms with Crippen LogP contribution < -0.4 is 4.74 Å². The van der Waals surface area contributed by atoms with Crippen LogP contribution in [0.1, 0.15) is 59.7 Å². The lowest BCUT2D eigenvalue weighted by atomic mass is 9.99. The van der Waals surface area contributed by atoms with Gasteiger partial charge in [-0.3, -0.25) is 4.90 Å². The molecular weight excluding hydrogens is 338 g/mol. The molecule has 1 heterocycles. The van der Waals surface area contributed by atoms with Crippen molar-refractivity contribution in [2.24, 2.45) is 0 Å². The fourth-order valence-corrected chi connectivity index (χ4v) is 3.69. The van der Waals surface area contributed by atoms with Gasteiger partial charge in [0.05, 0.1) is 12.2 Å². The lowest BCUT2D eigenvalue weighted by molar-refractivity contribution is 0.0696. The molecule has 0 radical (unpaired) electrons. The SMILES string of the molecule is CCCN1CCCCCOc2ccc(C(=O)O)cc2Cc2cccc(c2)C1. The Morgan fingerprint density at radius 2 is 1.96 bits per heavy atom. The number of rotatable bonds is 3. The van der Waals surface area contributed by atoms with Crippen molar-refractivity contribution in [3.8, 4) is 5.75 Å². The minimum atomic E-state index is -0.902. The first kappa shape index (κ1) is 19.4. The Kier molecular flexibility index (Phi) is 6.88. The zero-order chi connectivity index (χ0) is 19.1. The molecule has 0 saturated carbocycles. The smallest absolute Gasteiger partial charge is 0.335 e. The van der Waals surface area contributed by atoms with Crippen molar-refractivity contribution in [3.05, 3.63) is 64.7 Å². The third kappa shape index (κ3) is 5.57. The molecule has 144 valence electrons. The van der Waals surface area contributed by atoms with Gasteiger partial charge >= 0.3 is 5.97 Å². The van der Waals surface area contributed by atoms with E-state index in [2.05, 4.69) is 36.1 Å². The minimum absolute atomic E-state index is 0.309. The first-order chi connectivity index (χ1) is 13.2. The second kappa shape index (κ2) is 9.56. The third-order valence-corrected chi connectivity index (χ3v) is 5.02.